The number of benzene rings is 3. The number of fused-ring (bicyclic) bond motifs is 5. The highest BCUT2D eigenvalue weighted by Gasteiger charge is 2.37. The number of aromatic hydroxyl groups is 2. The number of hydrogen-bond acceptors (Lipinski definition) is 11. The van der Waals surface area contributed by atoms with E-state index in [-0.39, 0.29) is 47.6 Å². The van der Waals surface area contributed by atoms with Gasteiger partial charge in [-0.3, -0.25) is 28.8 Å². The Kier molecular flexibility index (Phi) is 18.8. The minimum Gasteiger partial charge on any atom is -0.507 e. The number of nitrogens with zero attached hydrogens (tertiary/aromatic N) is 2. The van der Waals surface area contributed by atoms with Crippen molar-refractivity contribution in [2.75, 3.05) is 27.2 Å². The maximum Gasteiger partial charge on any atom is 0.326 e. The number of carbonyl (C=O) groups excluding carboxylic acids is 6. The van der Waals surface area contributed by atoms with Gasteiger partial charge in [0, 0.05) is 37.2 Å². The Bertz CT molecular complexity index is 2180. The van der Waals surface area contributed by atoms with Crippen molar-refractivity contribution in [3.8, 4) is 22.6 Å². The van der Waals surface area contributed by atoms with Gasteiger partial charge in [-0.25, -0.2) is 4.79 Å². The molecule has 1 aliphatic rings. The van der Waals surface area contributed by atoms with Crippen molar-refractivity contribution in [2.24, 2.45) is 5.73 Å². The predicted molar refractivity (Wildman–Crippen MR) is 241 cm³/mol. The molecule has 3 aromatic rings. The number of unbranched alkanes of at least 4 members (excludes halogenated alkanes) is 4. The molecule has 65 heavy (non-hydrogen) atoms. The molecule has 3 aromatic carbocycles. The lowest BCUT2D eigenvalue weighted by molar-refractivity contribution is -0.144. The number of carboxylic acid groups (broad SMARTS) is 1. The topological polar surface area (TPSA) is 281 Å². The van der Waals surface area contributed by atoms with Crippen LogP contribution in [0.5, 0.6) is 11.5 Å². The molecule has 6 atom stereocenters. The largest absolute Gasteiger partial charge is 0.507 e. The molecular formula is C47H63N7O11. The van der Waals surface area contributed by atoms with Crippen molar-refractivity contribution in [1.29, 1.82) is 0 Å². The maximum absolute atomic E-state index is 14.5. The van der Waals surface area contributed by atoms with Gasteiger partial charge in [-0.1, -0.05) is 50.5 Å². The van der Waals surface area contributed by atoms with Gasteiger partial charge in [0.2, 0.25) is 29.5 Å². The minimum atomic E-state index is -1.52. The maximum atomic E-state index is 14.5. The molecule has 1 aliphatic heterocycles. The van der Waals surface area contributed by atoms with Crippen molar-refractivity contribution in [1.82, 2.24) is 31.1 Å². The molecule has 18 nitrogen and oxygen atoms in total. The van der Waals surface area contributed by atoms with Crippen LogP contribution < -0.4 is 27.0 Å². The number of carbonyl (C=O) groups is 7. The summed E-state index contributed by atoms with van der Waals surface area (Å²) >= 11 is 0. The Morgan fingerprint density at radius 2 is 1.49 bits per heavy atom. The second-order valence-corrected chi connectivity index (χ2v) is 16.5. The van der Waals surface area contributed by atoms with E-state index in [1.165, 1.54) is 64.3 Å². The van der Waals surface area contributed by atoms with Crippen molar-refractivity contribution < 1.29 is 54.0 Å². The standard InChI is InChI=1S/C47H63N7O11/c1-6-7-8-9-12-29-14-17-31(18-15-29)45(62)53(4)37(26-55)43(60)49-27(2)41(58)51-35(13-10-11-22-48)46(63)54(5)40-32-19-21-39(57)34(25-32)33-23-30(16-20-38(33)56)24-36(47(64)65)52-42(59)28(3)50-44(40)61/h14-21,23,25,27-28,35-37,40,55-57H,6-13,22,24,26,48H2,1-5H3,(H,49,60)(H,50,61)(H,51,58)(H,52,59)(H,64,65)/t27-,28+,35+,36?,37?,40+/m1/s1. The first kappa shape index (κ1) is 51.1. The van der Waals surface area contributed by atoms with Crippen LogP contribution >= 0.6 is 0 Å². The lowest BCUT2D eigenvalue weighted by Gasteiger charge is -2.33. The van der Waals surface area contributed by atoms with Crippen LogP contribution in [-0.4, -0.2) is 129 Å². The number of rotatable bonds is 19. The lowest BCUT2D eigenvalue weighted by atomic mass is 9.93. The average Bonchev–Trinajstić information content (AvgIpc) is 3.27. The summed E-state index contributed by atoms with van der Waals surface area (Å²) in [5.41, 5.74) is 7.81. The zero-order valence-corrected chi connectivity index (χ0v) is 37.6. The molecule has 0 spiro atoms. The van der Waals surface area contributed by atoms with Crippen LogP contribution in [0.2, 0.25) is 0 Å². The third kappa shape index (κ3) is 13.5. The van der Waals surface area contributed by atoms with Crippen LogP contribution in [0, 0.1) is 0 Å². The first-order chi connectivity index (χ1) is 30.9. The average molecular weight is 902 g/mol. The monoisotopic (exact) mass is 901 g/mol. The molecule has 0 fully saturated rings. The van der Waals surface area contributed by atoms with Gasteiger partial charge in [-0.2, -0.15) is 0 Å². The molecule has 0 saturated heterocycles. The number of aryl methyl sites for hydroxylation is 1. The molecule has 352 valence electrons. The van der Waals surface area contributed by atoms with E-state index >= 15 is 0 Å². The first-order valence-corrected chi connectivity index (χ1v) is 21.9. The Labute approximate surface area is 378 Å². The fourth-order valence-corrected chi connectivity index (χ4v) is 7.60. The summed E-state index contributed by atoms with van der Waals surface area (Å²) in [5, 5.41) is 52.2. The number of phenolic OH excluding ortho intramolecular Hbond substituents is 2. The molecule has 6 amide bonds. The molecular weight excluding hydrogens is 839 g/mol. The number of nitrogens with one attached hydrogen (secondary N) is 4. The smallest absolute Gasteiger partial charge is 0.326 e. The summed E-state index contributed by atoms with van der Waals surface area (Å²) in [6, 6.07) is 7.12. The number of hydrogen-bond donors (Lipinski definition) is 9. The van der Waals surface area contributed by atoms with Crippen LogP contribution in [-0.2, 0) is 41.6 Å². The SMILES string of the molecule is CCCCCCc1ccc(C(=O)N(C)C(CO)C(=O)N[C@H](C)C(=O)N[C@@H](CCCCN)C(=O)N(C)[C@@H]2C(=O)N[C@@H](C)C(=O)NC(C(=O)O)Cc3ccc(O)c(c3)-c3cc2ccc3O)cc1. The second-order valence-electron chi connectivity index (χ2n) is 16.5. The highest BCUT2D eigenvalue weighted by atomic mass is 16.4. The number of aliphatic carboxylic acids is 1. The highest BCUT2D eigenvalue weighted by Crippen LogP contribution is 2.39. The summed E-state index contributed by atoms with van der Waals surface area (Å²) in [6.45, 7) is 4.36. The number of phenols is 2. The van der Waals surface area contributed by atoms with E-state index in [1.54, 1.807) is 12.1 Å². The zero-order valence-electron chi connectivity index (χ0n) is 37.6. The van der Waals surface area contributed by atoms with E-state index in [0.29, 0.717) is 24.0 Å². The van der Waals surface area contributed by atoms with E-state index in [0.717, 1.165) is 47.5 Å². The molecule has 0 radical (unpaired) electrons. The second kappa shape index (κ2) is 24.0. The van der Waals surface area contributed by atoms with E-state index in [9.17, 15) is 54.0 Å². The summed E-state index contributed by atoms with van der Waals surface area (Å²) in [4.78, 5) is 96.9. The van der Waals surface area contributed by atoms with Gasteiger partial charge in [0.1, 0.15) is 47.8 Å². The zero-order chi connectivity index (χ0) is 48.0. The van der Waals surface area contributed by atoms with Gasteiger partial charge in [0.05, 0.1) is 6.61 Å². The fourth-order valence-electron chi connectivity index (χ4n) is 7.60. The number of nitrogens with two attached hydrogens (primary N) is 1. The Hall–Kier alpha value is -6.53. The van der Waals surface area contributed by atoms with Crippen LogP contribution in [0.15, 0.2) is 60.7 Å². The van der Waals surface area contributed by atoms with Gasteiger partial charge >= 0.3 is 5.97 Å². The molecule has 1 heterocycles. The van der Waals surface area contributed by atoms with Crippen LogP contribution in [0.3, 0.4) is 0 Å². The summed E-state index contributed by atoms with van der Waals surface area (Å²) in [5.74, 6) is -6.55. The van der Waals surface area contributed by atoms with Gasteiger partial charge < -0.3 is 57.2 Å². The van der Waals surface area contributed by atoms with E-state index in [2.05, 4.69) is 28.2 Å². The third-order valence-corrected chi connectivity index (χ3v) is 11.6. The Morgan fingerprint density at radius 3 is 2.12 bits per heavy atom. The molecule has 2 unspecified atom stereocenters. The van der Waals surface area contributed by atoms with E-state index < -0.39 is 84.3 Å². The predicted octanol–water partition coefficient (Wildman–Crippen LogP) is 2.27. The van der Waals surface area contributed by atoms with Crippen molar-refractivity contribution in [3.63, 3.8) is 0 Å². The van der Waals surface area contributed by atoms with Crippen LogP contribution in [0.4, 0.5) is 0 Å². The normalized spacial score (nSPS) is 17.6. The van der Waals surface area contributed by atoms with E-state index in [1.807, 2.05) is 12.1 Å². The number of carboxylic acids is 1. The molecule has 18 heteroatoms. The molecule has 4 rings (SSSR count). The van der Waals surface area contributed by atoms with E-state index in [4.69, 9.17) is 5.73 Å². The molecule has 10 N–H and O–H groups in total. The van der Waals surface area contributed by atoms with Crippen molar-refractivity contribution in [2.45, 2.75) is 115 Å². The van der Waals surface area contributed by atoms with Crippen LogP contribution in [0.25, 0.3) is 11.1 Å². The first-order valence-electron chi connectivity index (χ1n) is 21.9. The Balaban J connectivity index is 1.58. The van der Waals surface area contributed by atoms with Gasteiger partial charge in [-0.15, -0.1) is 0 Å². The third-order valence-electron chi connectivity index (χ3n) is 11.6. The number of likely N-dealkylation sites (N-methyl/N-ethyl adjacent to an activating group) is 2. The highest BCUT2D eigenvalue weighted by molar-refractivity contribution is 5.99. The Morgan fingerprint density at radius 1 is 0.831 bits per heavy atom. The van der Waals surface area contributed by atoms with Crippen molar-refractivity contribution >= 4 is 41.4 Å². The van der Waals surface area contributed by atoms with Gasteiger partial charge in [0.25, 0.3) is 5.91 Å². The summed E-state index contributed by atoms with van der Waals surface area (Å²) in [6.07, 6.45) is 5.96. The number of aliphatic hydroxyl groups excluding tert-OH is 1. The van der Waals surface area contributed by atoms with Gasteiger partial charge in [-0.05, 0) is 106 Å². The number of amides is 6. The molecule has 0 aliphatic carbocycles. The fraction of sp³-hybridized carbons (Fsp3) is 0.468. The molecule has 4 bridgehead atoms. The van der Waals surface area contributed by atoms with Crippen molar-refractivity contribution in [3.05, 3.63) is 82.9 Å². The summed E-state index contributed by atoms with van der Waals surface area (Å²) in [7, 11) is 2.67. The quantitative estimate of drug-likeness (QED) is 0.0784. The lowest BCUT2D eigenvalue weighted by Crippen LogP contribution is -2.57. The molecule has 0 saturated carbocycles. The molecule has 0 aromatic heterocycles. The van der Waals surface area contributed by atoms with Crippen LogP contribution in [0.1, 0.15) is 98.8 Å². The minimum absolute atomic E-state index is 0.0477. The van der Waals surface area contributed by atoms with Gasteiger partial charge in [0.15, 0.2) is 0 Å². The number of aliphatic hydroxyl groups is 1. The summed E-state index contributed by atoms with van der Waals surface area (Å²) < 4.78 is 0.